The fourth-order valence-electron chi connectivity index (χ4n) is 6.21. The second-order valence-corrected chi connectivity index (χ2v) is 27.6. The lowest BCUT2D eigenvalue weighted by atomic mass is 9.73. The van der Waals surface area contributed by atoms with Gasteiger partial charge in [-0.05, 0) is 62.5 Å². The highest BCUT2D eigenvalue weighted by Crippen LogP contribution is 2.44. The molecular weight excluding hydrogens is 661 g/mol. The van der Waals surface area contributed by atoms with Crippen LogP contribution in [0.25, 0.3) is 0 Å². The van der Waals surface area contributed by atoms with Gasteiger partial charge in [0.2, 0.25) is 0 Å². The normalized spacial score (nSPS) is 35.9. The number of fused-ring (bicyclic) bond motifs is 4. The third-order valence-corrected chi connectivity index (χ3v) is 20.9. The zero-order valence-electron chi connectivity index (χ0n) is 33.4. The van der Waals surface area contributed by atoms with Crippen molar-refractivity contribution in [2.45, 2.75) is 167 Å². The van der Waals surface area contributed by atoms with E-state index in [9.17, 15) is 9.59 Å². The Kier molecular flexibility index (Phi) is 14.7. The van der Waals surface area contributed by atoms with Crippen molar-refractivity contribution >= 4 is 28.9 Å². The summed E-state index contributed by atoms with van der Waals surface area (Å²) in [5.74, 6) is -0.204. The van der Waals surface area contributed by atoms with Crippen LogP contribution < -0.4 is 0 Å². The second kappa shape index (κ2) is 17.3. The van der Waals surface area contributed by atoms with Gasteiger partial charge in [0.25, 0.3) is 0 Å². The molecule has 3 aliphatic rings. The van der Waals surface area contributed by atoms with Gasteiger partial charge in [0, 0.05) is 31.4 Å². The summed E-state index contributed by atoms with van der Waals surface area (Å²) in [6, 6.07) is 0. The van der Waals surface area contributed by atoms with Crippen LogP contribution in [0.3, 0.4) is 0 Å². The number of aldehydes is 1. The summed E-state index contributed by atoms with van der Waals surface area (Å²) < 4.78 is 33.1. The third kappa shape index (κ3) is 11.3. The molecule has 0 aliphatic carbocycles. The maximum absolute atomic E-state index is 13.3. The number of ether oxygens (including phenoxy) is 3. The summed E-state index contributed by atoms with van der Waals surface area (Å²) >= 11 is 0. The van der Waals surface area contributed by atoms with Crippen LogP contribution in [-0.4, -0.2) is 72.1 Å². The van der Waals surface area contributed by atoms with Gasteiger partial charge in [0.15, 0.2) is 16.6 Å². The van der Waals surface area contributed by atoms with Crippen molar-refractivity contribution in [2.75, 3.05) is 6.61 Å². The van der Waals surface area contributed by atoms with Gasteiger partial charge in [-0.3, -0.25) is 0 Å². The highest BCUT2D eigenvalue weighted by atomic mass is 28.4. The summed E-state index contributed by atoms with van der Waals surface area (Å²) in [6.07, 6.45) is 20.4. The van der Waals surface area contributed by atoms with Gasteiger partial charge in [-0.15, -0.1) is 0 Å². The first kappa shape index (κ1) is 42.5. The van der Waals surface area contributed by atoms with Crippen molar-refractivity contribution < 1.29 is 32.7 Å². The molecule has 3 aliphatic heterocycles. The molecule has 0 radical (unpaired) electrons. The van der Waals surface area contributed by atoms with E-state index in [0.29, 0.717) is 25.9 Å². The predicted octanol–water partition coefficient (Wildman–Crippen LogP) is 9.82. The fraction of sp³-hybridized carbons (Fsp3) is 0.707. The zero-order chi connectivity index (χ0) is 37.5. The summed E-state index contributed by atoms with van der Waals surface area (Å²) in [7, 11) is -4.12. The van der Waals surface area contributed by atoms with Crippen LogP contribution in [-0.2, 0) is 32.7 Å². The molecule has 0 spiro atoms. The van der Waals surface area contributed by atoms with Gasteiger partial charge in [-0.2, -0.15) is 0 Å². The smallest absolute Gasteiger partial charge is 0.331 e. The van der Waals surface area contributed by atoms with E-state index < -0.39 is 40.2 Å². The lowest BCUT2D eigenvalue weighted by molar-refractivity contribution is -0.198. The van der Waals surface area contributed by atoms with Crippen molar-refractivity contribution in [1.82, 2.24) is 0 Å². The van der Waals surface area contributed by atoms with E-state index in [-0.39, 0.29) is 46.8 Å². The molecule has 4 bridgehead atoms. The SMILES string of the molecule is CC1=C/[C@@H]2O[C@H](C/C=C/C=C/C(=O)O[C@@H]3C[C@@H](/C=C\C\C=C\1)O[C@@H](CC=O)[C@]3(C)CO[Si](C)(C)C(C)(C)C)C[C@@H](O[Si](C)(C)C(C)(C)C)[C@@H]2C. The summed E-state index contributed by atoms with van der Waals surface area (Å²) in [4.78, 5) is 25.2. The van der Waals surface area contributed by atoms with Crippen molar-refractivity contribution in [3.8, 4) is 0 Å². The number of allylic oxidation sites excluding steroid dienone is 6. The van der Waals surface area contributed by atoms with Crippen LogP contribution in [0.15, 0.2) is 60.3 Å². The van der Waals surface area contributed by atoms with Gasteiger partial charge in [-0.1, -0.05) is 110 Å². The fourth-order valence-corrected chi connectivity index (χ4v) is 8.73. The molecule has 282 valence electrons. The molecule has 3 rings (SSSR count). The highest BCUT2D eigenvalue weighted by molar-refractivity contribution is 6.74. The largest absolute Gasteiger partial charge is 0.458 e. The van der Waals surface area contributed by atoms with E-state index >= 15 is 0 Å². The average Bonchev–Trinajstić information content (AvgIpc) is 2.98. The Hall–Kier alpha value is -1.89. The van der Waals surface area contributed by atoms with Crippen LogP contribution >= 0.6 is 0 Å². The van der Waals surface area contributed by atoms with Gasteiger partial charge in [-0.25, -0.2) is 4.79 Å². The number of rotatable bonds is 7. The second-order valence-electron chi connectivity index (χ2n) is 18.0. The van der Waals surface area contributed by atoms with Crippen LogP contribution in [0, 0.1) is 11.3 Å². The molecule has 0 N–H and O–H groups in total. The topological polar surface area (TPSA) is 80.3 Å². The average molecular weight is 729 g/mol. The van der Waals surface area contributed by atoms with Crippen molar-refractivity contribution in [3.05, 3.63) is 60.3 Å². The van der Waals surface area contributed by atoms with Crippen molar-refractivity contribution in [1.29, 1.82) is 0 Å². The molecule has 0 aromatic carbocycles. The van der Waals surface area contributed by atoms with Crippen LogP contribution in [0.2, 0.25) is 36.3 Å². The molecule has 0 unspecified atom stereocenters. The summed E-state index contributed by atoms with van der Waals surface area (Å²) in [5.41, 5.74) is 0.452. The minimum absolute atomic E-state index is 0.000314. The standard InChI is InChI=1S/C41H68O7Si2/c1-30-20-16-14-17-22-33-28-37(41(9,36(46-33)24-25-42)29-44-49(10,11)39(3,4)5)47-38(43)23-19-15-18-21-32-27-35(31(2)34(26-30)45-32)48-50(12,13)40(6,7)8/h15-20,22-23,25-26,31-37H,14,21,24,27-29H2,1-13H3/b18-15+,20-16+,22-17-,23-19+,30-26-/t31-,32-,33-,34+,35-,36+,37-,41+/m1/s1. The van der Waals surface area contributed by atoms with Crippen LogP contribution in [0.5, 0.6) is 0 Å². The molecule has 2 saturated heterocycles. The van der Waals surface area contributed by atoms with Gasteiger partial charge >= 0.3 is 5.97 Å². The molecule has 7 nitrogen and oxygen atoms in total. The van der Waals surface area contributed by atoms with Crippen LogP contribution in [0.4, 0.5) is 0 Å². The first-order valence-electron chi connectivity index (χ1n) is 18.7. The van der Waals surface area contributed by atoms with Crippen LogP contribution in [0.1, 0.15) is 94.4 Å². The van der Waals surface area contributed by atoms with Gasteiger partial charge in [0.05, 0.1) is 35.9 Å². The highest BCUT2D eigenvalue weighted by Gasteiger charge is 2.51. The van der Waals surface area contributed by atoms with Crippen molar-refractivity contribution in [2.24, 2.45) is 11.3 Å². The minimum atomic E-state index is -2.13. The van der Waals surface area contributed by atoms with E-state index in [0.717, 1.165) is 18.3 Å². The Balaban J connectivity index is 1.92. The van der Waals surface area contributed by atoms with E-state index in [1.54, 1.807) is 6.08 Å². The Morgan fingerprint density at radius 1 is 0.940 bits per heavy atom. The molecule has 3 heterocycles. The number of hydrogen-bond acceptors (Lipinski definition) is 7. The Morgan fingerprint density at radius 3 is 2.26 bits per heavy atom. The predicted molar refractivity (Wildman–Crippen MR) is 209 cm³/mol. The van der Waals surface area contributed by atoms with Gasteiger partial charge in [0.1, 0.15) is 12.4 Å². The lowest BCUT2D eigenvalue weighted by Gasteiger charge is -2.49. The quantitative estimate of drug-likeness (QED) is 0.112. The number of carbonyl (C=O) groups excluding carboxylic acids is 2. The number of carbonyl (C=O) groups is 2. The van der Waals surface area contributed by atoms with Gasteiger partial charge < -0.3 is 27.9 Å². The van der Waals surface area contributed by atoms with E-state index in [2.05, 4.69) is 112 Å². The first-order chi connectivity index (χ1) is 23.1. The van der Waals surface area contributed by atoms with E-state index in [1.165, 1.54) is 6.08 Å². The Labute approximate surface area is 306 Å². The Bertz CT molecular complexity index is 1300. The minimum Gasteiger partial charge on any atom is -0.458 e. The Morgan fingerprint density at radius 2 is 1.62 bits per heavy atom. The summed E-state index contributed by atoms with van der Waals surface area (Å²) in [6.45, 7) is 29.3. The summed E-state index contributed by atoms with van der Waals surface area (Å²) in [5, 5.41) is 0.127. The maximum atomic E-state index is 13.3. The maximum Gasteiger partial charge on any atom is 0.331 e. The molecule has 2 fully saturated rings. The third-order valence-electron chi connectivity index (χ3n) is 11.9. The van der Waals surface area contributed by atoms with Crippen molar-refractivity contribution in [3.63, 3.8) is 0 Å². The molecule has 0 amide bonds. The molecule has 9 heteroatoms. The van der Waals surface area contributed by atoms with E-state index in [1.807, 2.05) is 19.1 Å². The molecule has 0 saturated carbocycles. The zero-order valence-corrected chi connectivity index (χ0v) is 35.4. The molecule has 50 heavy (non-hydrogen) atoms. The monoisotopic (exact) mass is 728 g/mol. The molecular formula is C41H68O7Si2. The molecule has 0 aromatic heterocycles. The first-order valence-corrected chi connectivity index (χ1v) is 24.5. The lowest BCUT2D eigenvalue weighted by Crippen LogP contribution is -2.57. The number of hydrogen-bond donors (Lipinski definition) is 0. The molecule has 8 atom stereocenters. The molecule has 0 aromatic rings. The number of esters is 1. The van der Waals surface area contributed by atoms with E-state index in [4.69, 9.17) is 23.1 Å².